The first-order valence-electron chi connectivity index (χ1n) is 6.81. The van der Waals surface area contributed by atoms with E-state index in [4.69, 9.17) is 20.9 Å². The molecule has 1 atom stereocenters. The second kappa shape index (κ2) is 6.22. The molecule has 114 valence electrons. The van der Waals surface area contributed by atoms with E-state index in [1.54, 1.807) is 25.1 Å². The van der Waals surface area contributed by atoms with Crippen molar-refractivity contribution >= 4 is 5.91 Å². The van der Waals surface area contributed by atoms with E-state index >= 15 is 0 Å². The summed E-state index contributed by atoms with van der Waals surface area (Å²) in [6, 6.07) is 9.17. The van der Waals surface area contributed by atoms with E-state index in [-0.39, 0.29) is 17.0 Å². The maximum Gasteiger partial charge on any atom is 0.249 e. The first kappa shape index (κ1) is 15.4. The van der Waals surface area contributed by atoms with Crippen LogP contribution in [-0.4, -0.2) is 12.5 Å². The number of nitriles is 1. The summed E-state index contributed by atoms with van der Waals surface area (Å²) >= 11 is 0. The molecule has 1 unspecified atom stereocenters. The highest BCUT2D eigenvalue weighted by Gasteiger charge is 2.35. The molecule has 1 heterocycles. The Bertz CT molecular complexity index is 714. The number of nitrogens with zero attached hydrogens (tertiary/aromatic N) is 1. The van der Waals surface area contributed by atoms with E-state index in [0.29, 0.717) is 23.7 Å². The quantitative estimate of drug-likeness (QED) is 0.878. The van der Waals surface area contributed by atoms with Crippen LogP contribution in [-0.2, 0) is 9.53 Å². The van der Waals surface area contributed by atoms with Crippen molar-refractivity contribution in [2.45, 2.75) is 19.8 Å². The van der Waals surface area contributed by atoms with Gasteiger partial charge in [0.1, 0.15) is 23.2 Å². The highest BCUT2D eigenvalue weighted by atomic mass is 16.5. The van der Waals surface area contributed by atoms with E-state index in [9.17, 15) is 10.1 Å². The Morgan fingerprint density at radius 3 is 2.73 bits per heavy atom. The number of hydrogen-bond acceptors (Lipinski definition) is 5. The number of amides is 1. The minimum absolute atomic E-state index is 0.0266. The average molecular weight is 299 g/mol. The van der Waals surface area contributed by atoms with Crippen LogP contribution in [0.1, 0.15) is 25.3 Å². The van der Waals surface area contributed by atoms with Crippen molar-refractivity contribution in [3.8, 4) is 11.8 Å². The molecule has 0 saturated heterocycles. The normalized spacial score (nSPS) is 17.8. The topological polar surface area (TPSA) is 111 Å². The van der Waals surface area contributed by atoms with Gasteiger partial charge < -0.3 is 20.9 Å². The zero-order valence-electron chi connectivity index (χ0n) is 12.4. The first-order chi connectivity index (χ1) is 10.5. The van der Waals surface area contributed by atoms with Gasteiger partial charge in [-0.15, -0.1) is 0 Å². The molecule has 1 aromatic carbocycles. The molecular weight excluding hydrogens is 282 g/mol. The van der Waals surface area contributed by atoms with Crippen molar-refractivity contribution in [3.63, 3.8) is 0 Å². The molecule has 6 nitrogen and oxygen atoms in total. The highest BCUT2D eigenvalue weighted by Crippen LogP contribution is 2.42. The van der Waals surface area contributed by atoms with Crippen LogP contribution in [0.2, 0.25) is 0 Å². The van der Waals surface area contributed by atoms with Gasteiger partial charge in [-0.2, -0.15) is 5.26 Å². The number of para-hydroxylation sites is 1. The average Bonchev–Trinajstić information content (AvgIpc) is 2.47. The predicted molar refractivity (Wildman–Crippen MR) is 80.2 cm³/mol. The lowest BCUT2D eigenvalue weighted by Gasteiger charge is -2.27. The smallest absolute Gasteiger partial charge is 0.249 e. The maximum atomic E-state index is 11.9. The SMILES string of the molecule is CCOc1ccccc1C1C(C#N)=C(N)OC(C)=C1C(N)=O. The second-order valence-electron chi connectivity index (χ2n) is 4.73. The molecule has 1 aliphatic rings. The molecule has 0 spiro atoms. The number of rotatable bonds is 4. The zero-order chi connectivity index (χ0) is 16.3. The number of carbonyl (C=O) groups excluding carboxylic acids is 1. The number of primary amides is 1. The molecule has 0 aromatic heterocycles. The molecule has 4 N–H and O–H groups in total. The molecule has 0 saturated carbocycles. The molecular formula is C16H17N3O3. The van der Waals surface area contributed by atoms with Crippen molar-refractivity contribution in [3.05, 3.63) is 52.6 Å². The Hall–Kier alpha value is -2.94. The minimum atomic E-state index is -0.695. The van der Waals surface area contributed by atoms with Crippen molar-refractivity contribution in [2.75, 3.05) is 6.61 Å². The molecule has 1 amide bonds. The largest absolute Gasteiger partial charge is 0.494 e. The van der Waals surface area contributed by atoms with E-state index in [2.05, 4.69) is 0 Å². The van der Waals surface area contributed by atoms with Crippen LogP contribution in [0.5, 0.6) is 5.75 Å². The number of nitrogens with two attached hydrogens (primary N) is 2. The van der Waals surface area contributed by atoms with Crippen LogP contribution in [0.3, 0.4) is 0 Å². The summed E-state index contributed by atoms with van der Waals surface area (Å²) in [4.78, 5) is 11.9. The number of allylic oxidation sites excluding steroid dienone is 2. The summed E-state index contributed by atoms with van der Waals surface area (Å²) in [6.45, 7) is 3.90. The van der Waals surface area contributed by atoms with Crippen LogP contribution in [0.15, 0.2) is 47.1 Å². The fourth-order valence-corrected chi connectivity index (χ4v) is 2.52. The van der Waals surface area contributed by atoms with Crippen molar-refractivity contribution < 1.29 is 14.3 Å². The van der Waals surface area contributed by atoms with Crippen LogP contribution >= 0.6 is 0 Å². The highest BCUT2D eigenvalue weighted by molar-refractivity contribution is 5.95. The summed E-state index contributed by atoms with van der Waals surface area (Å²) in [6.07, 6.45) is 0. The van der Waals surface area contributed by atoms with Crippen LogP contribution < -0.4 is 16.2 Å². The van der Waals surface area contributed by atoms with Crippen molar-refractivity contribution in [2.24, 2.45) is 11.5 Å². The van der Waals surface area contributed by atoms with Crippen LogP contribution in [0, 0.1) is 11.3 Å². The Balaban J connectivity index is 2.69. The Morgan fingerprint density at radius 2 is 2.14 bits per heavy atom. The molecule has 0 aliphatic carbocycles. The summed E-state index contributed by atoms with van der Waals surface area (Å²) in [5.41, 5.74) is 12.3. The van der Waals surface area contributed by atoms with E-state index in [1.165, 1.54) is 0 Å². The fourth-order valence-electron chi connectivity index (χ4n) is 2.52. The Kier molecular flexibility index (Phi) is 4.37. The van der Waals surface area contributed by atoms with Gasteiger partial charge in [0, 0.05) is 5.56 Å². The molecule has 1 aromatic rings. The molecule has 22 heavy (non-hydrogen) atoms. The van der Waals surface area contributed by atoms with Gasteiger partial charge in [0.2, 0.25) is 11.8 Å². The van der Waals surface area contributed by atoms with Crippen molar-refractivity contribution in [1.29, 1.82) is 5.26 Å². The lowest BCUT2D eigenvalue weighted by molar-refractivity contribution is -0.115. The van der Waals surface area contributed by atoms with Gasteiger partial charge in [0.25, 0.3) is 0 Å². The summed E-state index contributed by atoms with van der Waals surface area (Å²) < 4.78 is 10.9. The van der Waals surface area contributed by atoms with Gasteiger partial charge in [-0.1, -0.05) is 18.2 Å². The third kappa shape index (κ3) is 2.61. The molecule has 1 aliphatic heterocycles. The minimum Gasteiger partial charge on any atom is -0.494 e. The van der Waals surface area contributed by atoms with Gasteiger partial charge in [-0.05, 0) is 19.9 Å². The van der Waals surface area contributed by atoms with E-state index < -0.39 is 11.8 Å². The molecule has 2 rings (SSSR count). The molecule has 0 bridgehead atoms. The third-order valence-corrected chi connectivity index (χ3v) is 3.40. The van der Waals surface area contributed by atoms with E-state index in [0.717, 1.165) is 0 Å². The number of ether oxygens (including phenoxy) is 2. The fraction of sp³-hybridized carbons (Fsp3) is 0.250. The molecule has 0 fully saturated rings. The Morgan fingerprint density at radius 1 is 1.45 bits per heavy atom. The van der Waals surface area contributed by atoms with Crippen molar-refractivity contribution in [1.82, 2.24) is 0 Å². The van der Waals surface area contributed by atoms with Crippen LogP contribution in [0.25, 0.3) is 0 Å². The van der Waals surface area contributed by atoms with Crippen LogP contribution in [0.4, 0.5) is 0 Å². The summed E-state index contributed by atoms with van der Waals surface area (Å²) in [5, 5.41) is 9.42. The van der Waals surface area contributed by atoms with Gasteiger partial charge >= 0.3 is 0 Å². The zero-order valence-corrected chi connectivity index (χ0v) is 12.4. The third-order valence-electron chi connectivity index (χ3n) is 3.40. The lowest BCUT2D eigenvalue weighted by atomic mass is 9.82. The number of hydrogen-bond donors (Lipinski definition) is 2. The second-order valence-corrected chi connectivity index (χ2v) is 4.73. The molecule has 6 heteroatoms. The number of carbonyl (C=O) groups is 1. The summed E-state index contributed by atoms with van der Waals surface area (Å²) in [5.74, 6) is -0.515. The standard InChI is InChI=1S/C16H17N3O3/c1-3-21-12-7-5-4-6-10(12)14-11(8-17)16(19)22-9(2)13(14)15(18)20/h4-7,14H,3,19H2,1-2H3,(H2,18,20). The van der Waals surface area contributed by atoms with Gasteiger partial charge in [0.15, 0.2) is 0 Å². The van der Waals surface area contributed by atoms with Gasteiger partial charge in [0.05, 0.1) is 18.1 Å². The van der Waals surface area contributed by atoms with Gasteiger partial charge in [-0.3, -0.25) is 4.79 Å². The van der Waals surface area contributed by atoms with Gasteiger partial charge in [-0.25, -0.2) is 0 Å². The maximum absolute atomic E-state index is 11.9. The monoisotopic (exact) mass is 299 g/mol. The van der Waals surface area contributed by atoms with E-state index in [1.807, 2.05) is 19.1 Å². The number of benzene rings is 1. The first-order valence-corrected chi connectivity index (χ1v) is 6.81. The predicted octanol–water partition coefficient (Wildman–Crippen LogP) is 1.65. The lowest BCUT2D eigenvalue weighted by Crippen LogP contribution is -2.28. The summed E-state index contributed by atoms with van der Waals surface area (Å²) in [7, 11) is 0. The Labute approximate surface area is 128 Å². The molecule has 0 radical (unpaired) electrons.